The summed E-state index contributed by atoms with van der Waals surface area (Å²) in [4.78, 5) is 0. The second-order valence-electron chi connectivity index (χ2n) is 4.52. The van der Waals surface area contributed by atoms with Crippen LogP contribution in [0.15, 0.2) is 49.6 Å². The van der Waals surface area contributed by atoms with Crippen LogP contribution < -0.4 is 0 Å². The Labute approximate surface area is 101 Å². The summed E-state index contributed by atoms with van der Waals surface area (Å²) in [5, 5.41) is 0. The molecule has 0 aromatic heterocycles. The van der Waals surface area contributed by atoms with Crippen LogP contribution in [0.5, 0.6) is 0 Å². The highest BCUT2D eigenvalue weighted by molar-refractivity contribution is 5.03. The van der Waals surface area contributed by atoms with Crippen molar-refractivity contribution in [2.75, 3.05) is 0 Å². The third-order valence-corrected chi connectivity index (χ3v) is 2.83. The van der Waals surface area contributed by atoms with E-state index >= 15 is 0 Å². The standard InChI is InChI=1S/C16H26/c1-6-9-10-12-15(11-7-2)13-16(8-3)14(4)5/h6-8,10-12,14-16H,1,3,9,13H2,2,4-5H3/b11-7-,12-10+. The van der Waals surface area contributed by atoms with Gasteiger partial charge in [-0.05, 0) is 37.5 Å². The Kier molecular flexibility index (Phi) is 8.61. The molecular weight excluding hydrogens is 192 g/mol. The molecule has 0 heterocycles. The molecule has 0 rings (SSSR count). The maximum absolute atomic E-state index is 3.93. The van der Waals surface area contributed by atoms with Crippen molar-refractivity contribution in [3.05, 3.63) is 49.6 Å². The zero-order valence-electron chi connectivity index (χ0n) is 11.0. The summed E-state index contributed by atoms with van der Waals surface area (Å²) < 4.78 is 0. The minimum atomic E-state index is 0.523. The van der Waals surface area contributed by atoms with E-state index in [0.717, 1.165) is 12.8 Å². The van der Waals surface area contributed by atoms with Crippen molar-refractivity contribution in [3.8, 4) is 0 Å². The highest BCUT2D eigenvalue weighted by Gasteiger charge is 2.12. The van der Waals surface area contributed by atoms with Crippen LogP contribution in [-0.4, -0.2) is 0 Å². The first-order valence-electron chi connectivity index (χ1n) is 6.18. The highest BCUT2D eigenvalue weighted by Crippen LogP contribution is 2.23. The second kappa shape index (κ2) is 9.21. The molecule has 0 aliphatic rings. The van der Waals surface area contributed by atoms with E-state index in [-0.39, 0.29) is 0 Å². The van der Waals surface area contributed by atoms with Crippen molar-refractivity contribution in [3.63, 3.8) is 0 Å². The van der Waals surface area contributed by atoms with Gasteiger partial charge in [0.15, 0.2) is 0 Å². The predicted octanol–water partition coefficient (Wildman–Crippen LogP) is 5.16. The molecule has 2 unspecified atom stereocenters. The van der Waals surface area contributed by atoms with Gasteiger partial charge in [0.1, 0.15) is 0 Å². The minimum Gasteiger partial charge on any atom is -0.103 e. The summed E-state index contributed by atoms with van der Waals surface area (Å²) in [7, 11) is 0. The van der Waals surface area contributed by atoms with E-state index < -0.39 is 0 Å². The molecule has 90 valence electrons. The zero-order chi connectivity index (χ0) is 12.4. The Hall–Kier alpha value is -1.04. The Morgan fingerprint density at radius 3 is 2.25 bits per heavy atom. The molecule has 0 saturated heterocycles. The lowest BCUT2D eigenvalue weighted by atomic mass is 9.86. The molecule has 0 amide bonds. The van der Waals surface area contributed by atoms with Gasteiger partial charge >= 0.3 is 0 Å². The molecule has 0 radical (unpaired) electrons. The van der Waals surface area contributed by atoms with E-state index in [9.17, 15) is 0 Å². The van der Waals surface area contributed by atoms with Gasteiger partial charge in [0, 0.05) is 0 Å². The van der Waals surface area contributed by atoms with Gasteiger partial charge in [-0.1, -0.05) is 50.3 Å². The van der Waals surface area contributed by atoms with Crippen molar-refractivity contribution in [2.24, 2.45) is 17.8 Å². The van der Waals surface area contributed by atoms with Crippen molar-refractivity contribution in [1.82, 2.24) is 0 Å². The summed E-state index contributed by atoms with van der Waals surface area (Å²) in [6.45, 7) is 14.2. The third kappa shape index (κ3) is 6.44. The van der Waals surface area contributed by atoms with Gasteiger partial charge in [0.2, 0.25) is 0 Å². The molecule has 0 fully saturated rings. The molecule has 0 aliphatic heterocycles. The molecule has 0 saturated carbocycles. The second-order valence-corrected chi connectivity index (χ2v) is 4.52. The molecule has 0 aromatic carbocycles. The van der Waals surface area contributed by atoms with Crippen LogP contribution in [0.3, 0.4) is 0 Å². The average molecular weight is 218 g/mol. The fourth-order valence-corrected chi connectivity index (χ4v) is 1.77. The van der Waals surface area contributed by atoms with E-state index in [2.05, 4.69) is 64.3 Å². The summed E-state index contributed by atoms with van der Waals surface area (Å²) in [5.74, 6) is 1.78. The molecule has 0 bridgehead atoms. The van der Waals surface area contributed by atoms with Crippen LogP contribution >= 0.6 is 0 Å². The third-order valence-electron chi connectivity index (χ3n) is 2.83. The molecule has 0 aromatic rings. The summed E-state index contributed by atoms with van der Waals surface area (Å²) in [6, 6.07) is 0. The summed E-state index contributed by atoms with van der Waals surface area (Å²) in [5.41, 5.74) is 0. The maximum atomic E-state index is 3.93. The number of hydrogen-bond donors (Lipinski definition) is 0. The van der Waals surface area contributed by atoms with E-state index in [1.54, 1.807) is 0 Å². The Morgan fingerprint density at radius 2 is 1.81 bits per heavy atom. The molecule has 0 nitrogen and oxygen atoms in total. The SMILES string of the molecule is C=CC/C=C/C(/C=C\C)CC(C=C)C(C)C. The molecule has 2 atom stereocenters. The number of rotatable bonds is 8. The largest absolute Gasteiger partial charge is 0.103 e. The maximum Gasteiger partial charge on any atom is -0.00478 e. The van der Waals surface area contributed by atoms with E-state index in [0.29, 0.717) is 17.8 Å². The monoisotopic (exact) mass is 218 g/mol. The lowest BCUT2D eigenvalue weighted by molar-refractivity contribution is 0.412. The first-order chi connectivity index (χ1) is 7.65. The van der Waals surface area contributed by atoms with Crippen molar-refractivity contribution >= 4 is 0 Å². The fourth-order valence-electron chi connectivity index (χ4n) is 1.77. The molecule has 0 heteroatoms. The Balaban J connectivity index is 4.41. The first kappa shape index (κ1) is 15.0. The van der Waals surface area contributed by atoms with Crippen LogP contribution in [0.25, 0.3) is 0 Å². The smallest absolute Gasteiger partial charge is 0.00478 e. The van der Waals surface area contributed by atoms with Crippen LogP contribution in [-0.2, 0) is 0 Å². The topological polar surface area (TPSA) is 0 Å². The van der Waals surface area contributed by atoms with Crippen molar-refractivity contribution in [1.29, 1.82) is 0 Å². The first-order valence-corrected chi connectivity index (χ1v) is 6.18. The van der Waals surface area contributed by atoms with Crippen LogP contribution in [0, 0.1) is 17.8 Å². The molecule has 0 spiro atoms. The van der Waals surface area contributed by atoms with E-state index in [4.69, 9.17) is 0 Å². The van der Waals surface area contributed by atoms with Crippen molar-refractivity contribution in [2.45, 2.75) is 33.6 Å². The molecule has 16 heavy (non-hydrogen) atoms. The number of hydrogen-bond acceptors (Lipinski definition) is 0. The van der Waals surface area contributed by atoms with Crippen LogP contribution in [0.2, 0.25) is 0 Å². The quantitative estimate of drug-likeness (QED) is 0.494. The van der Waals surface area contributed by atoms with Gasteiger partial charge in [-0.3, -0.25) is 0 Å². The van der Waals surface area contributed by atoms with Crippen molar-refractivity contribution < 1.29 is 0 Å². The normalized spacial score (nSPS) is 15.8. The lowest BCUT2D eigenvalue weighted by Crippen LogP contribution is -2.09. The van der Waals surface area contributed by atoms with Gasteiger partial charge in [-0.2, -0.15) is 0 Å². The number of allylic oxidation sites excluding steroid dienone is 6. The zero-order valence-corrected chi connectivity index (χ0v) is 11.0. The lowest BCUT2D eigenvalue weighted by Gasteiger charge is -2.19. The van der Waals surface area contributed by atoms with Gasteiger partial charge in [0.05, 0.1) is 0 Å². The van der Waals surface area contributed by atoms with Gasteiger partial charge in [-0.15, -0.1) is 13.2 Å². The predicted molar refractivity (Wildman–Crippen MR) is 75.4 cm³/mol. The van der Waals surface area contributed by atoms with Crippen LogP contribution in [0.1, 0.15) is 33.6 Å². The Morgan fingerprint density at radius 1 is 1.12 bits per heavy atom. The molecule has 0 N–H and O–H groups in total. The minimum absolute atomic E-state index is 0.523. The fraction of sp³-hybridized carbons (Fsp3) is 0.500. The Bertz CT molecular complexity index is 243. The summed E-state index contributed by atoms with van der Waals surface area (Å²) >= 11 is 0. The average Bonchev–Trinajstić information content (AvgIpc) is 2.25. The summed E-state index contributed by atoms with van der Waals surface area (Å²) in [6.07, 6.45) is 15.0. The van der Waals surface area contributed by atoms with E-state index in [1.165, 1.54) is 0 Å². The van der Waals surface area contributed by atoms with E-state index in [1.807, 2.05) is 6.08 Å². The molecular formula is C16H26. The van der Waals surface area contributed by atoms with Gasteiger partial charge < -0.3 is 0 Å². The van der Waals surface area contributed by atoms with Crippen LogP contribution in [0.4, 0.5) is 0 Å². The van der Waals surface area contributed by atoms with Gasteiger partial charge in [0.25, 0.3) is 0 Å². The highest BCUT2D eigenvalue weighted by atomic mass is 14.2. The molecule has 0 aliphatic carbocycles. The van der Waals surface area contributed by atoms with Gasteiger partial charge in [-0.25, -0.2) is 0 Å².